The first-order chi connectivity index (χ1) is 13.6. The Morgan fingerprint density at radius 2 is 1.93 bits per heavy atom. The monoisotopic (exact) mass is 379 g/mol. The van der Waals surface area contributed by atoms with Crippen LogP contribution in [0.15, 0.2) is 40.9 Å². The summed E-state index contributed by atoms with van der Waals surface area (Å²) in [4.78, 5) is 28.5. The second kappa shape index (κ2) is 7.80. The van der Waals surface area contributed by atoms with Crippen molar-refractivity contribution in [2.75, 3.05) is 5.32 Å². The van der Waals surface area contributed by atoms with Crippen molar-refractivity contribution in [2.24, 2.45) is 5.92 Å². The number of aromatic nitrogens is 2. The number of hydrogen-bond acceptors (Lipinski definition) is 5. The first-order valence-electron chi connectivity index (χ1n) is 9.51. The molecule has 7 nitrogen and oxygen atoms in total. The normalized spacial score (nSPS) is 14.4. The molecule has 7 heteroatoms. The minimum absolute atomic E-state index is 0.101. The Bertz CT molecular complexity index is 1020. The molecule has 1 amide bonds. The summed E-state index contributed by atoms with van der Waals surface area (Å²) < 4.78 is 5.16. The molecule has 0 bridgehead atoms. The number of carboxylic acid groups (broad SMARTS) is 1. The van der Waals surface area contributed by atoms with E-state index in [2.05, 4.69) is 15.5 Å². The van der Waals surface area contributed by atoms with Gasteiger partial charge in [0.05, 0.1) is 11.2 Å². The van der Waals surface area contributed by atoms with E-state index in [-0.39, 0.29) is 23.0 Å². The van der Waals surface area contributed by atoms with Crippen LogP contribution in [0.2, 0.25) is 0 Å². The molecule has 2 N–H and O–H groups in total. The van der Waals surface area contributed by atoms with Crippen molar-refractivity contribution in [1.29, 1.82) is 0 Å². The average Bonchev–Trinajstić information content (AvgIpc) is 3.36. The number of fused-ring (bicyclic) bond motifs is 1. The summed E-state index contributed by atoms with van der Waals surface area (Å²) >= 11 is 0. The van der Waals surface area contributed by atoms with E-state index < -0.39 is 5.97 Å². The molecule has 3 aromatic rings. The number of rotatable bonds is 6. The fraction of sp³-hybridized carbons (Fsp3) is 0.333. The van der Waals surface area contributed by atoms with Gasteiger partial charge in [0.15, 0.2) is 5.56 Å². The smallest absolute Gasteiger partial charge is 0.343 e. The van der Waals surface area contributed by atoms with E-state index in [1.165, 1.54) is 12.8 Å². The second-order valence-corrected chi connectivity index (χ2v) is 7.17. The van der Waals surface area contributed by atoms with Gasteiger partial charge in [-0.3, -0.25) is 10.1 Å². The third kappa shape index (κ3) is 3.74. The van der Waals surface area contributed by atoms with Gasteiger partial charge in [-0.25, -0.2) is 9.78 Å². The van der Waals surface area contributed by atoms with Gasteiger partial charge in [0.25, 0.3) is 0 Å². The first kappa shape index (κ1) is 18.2. The molecule has 2 aromatic heterocycles. The molecule has 1 saturated carbocycles. The highest BCUT2D eigenvalue weighted by Crippen LogP contribution is 2.31. The van der Waals surface area contributed by atoms with E-state index >= 15 is 0 Å². The molecule has 28 heavy (non-hydrogen) atoms. The van der Waals surface area contributed by atoms with Gasteiger partial charge in [-0.15, -0.1) is 0 Å². The van der Waals surface area contributed by atoms with Crippen molar-refractivity contribution >= 4 is 28.7 Å². The summed E-state index contributed by atoms with van der Waals surface area (Å²) in [6.45, 7) is 0. The Kier molecular flexibility index (Phi) is 5.06. The number of benzene rings is 1. The van der Waals surface area contributed by atoms with Gasteiger partial charge in [0, 0.05) is 11.8 Å². The Labute approximate surface area is 161 Å². The van der Waals surface area contributed by atoms with Crippen LogP contribution in [0.5, 0.6) is 0 Å². The Hall–Kier alpha value is -3.22. The van der Waals surface area contributed by atoms with Crippen LogP contribution < -0.4 is 5.32 Å². The Balaban J connectivity index is 1.56. The quantitative estimate of drug-likeness (QED) is 0.653. The second-order valence-electron chi connectivity index (χ2n) is 7.17. The van der Waals surface area contributed by atoms with Gasteiger partial charge < -0.3 is 9.63 Å². The summed E-state index contributed by atoms with van der Waals surface area (Å²) in [6, 6.07) is 11.1. The van der Waals surface area contributed by atoms with Crippen molar-refractivity contribution in [3.8, 4) is 11.4 Å². The summed E-state index contributed by atoms with van der Waals surface area (Å²) in [5.74, 6) is -1.05. The van der Waals surface area contributed by atoms with Crippen LogP contribution in [0.1, 0.15) is 48.9 Å². The summed E-state index contributed by atoms with van der Waals surface area (Å²) in [5, 5.41) is 17.0. The molecule has 1 fully saturated rings. The molecule has 1 aliphatic rings. The molecule has 0 atom stereocenters. The third-order valence-corrected chi connectivity index (χ3v) is 5.25. The number of pyridine rings is 1. The maximum atomic E-state index is 12.3. The topological polar surface area (TPSA) is 105 Å². The molecule has 2 heterocycles. The summed E-state index contributed by atoms with van der Waals surface area (Å²) in [7, 11) is 0. The largest absolute Gasteiger partial charge is 0.477 e. The lowest BCUT2D eigenvalue weighted by Crippen LogP contribution is -2.14. The lowest BCUT2D eigenvalue weighted by Gasteiger charge is -2.08. The third-order valence-electron chi connectivity index (χ3n) is 5.25. The van der Waals surface area contributed by atoms with Crippen LogP contribution in [0.3, 0.4) is 0 Å². The lowest BCUT2D eigenvalue weighted by molar-refractivity contribution is -0.116. The lowest BCUT2D eigenvalue weighted by atomic mass is 10.0. The summed E-state index contributed by atoms with van der Waals surface area (Å²) in [6.07, 6.45) is 5.91. The predicted molar refractivity (Wildman–Crippen MR) is 104 cm³/mol. The summed E-state index contributed by atoms with van der Waals surface area (Å²) in [5.41, 5.74) is 1.02. The number of carbonyl (C=O) groups excluding carboxylic acids is 1. The van der Waals surface area contributed by atoms with E-state index in [0.29, 0.717) is 18.0 Å². The van der Waals surface area contributed by atoms with Crippen LogP contribution >= 0.6 is 0 Å². The standard InChI is InChI=1S/C21H21N3O4/c25-17(12-9-13-5-1-2-6-13)23-20-18(21(26)27)19(24-28-20)16-11-10-14-7-3-4-8-15(14)22-16/h3-4,7-8,10-11,13H,1-2,5-6,9,12H2,(H,23,25)(H,26,27). The van der Waals surface area contributed by atoms with E-state index in [4.69, 9.17) is 4.52 Å². The molecule has 1 aliphatic carbocycles. The predicted octanol–water partition coefficient (Wildman–Crippen LogP) is 4.50. The molecular formula is C21H21N3O4. The number of para-hydroxylation sites is 1. The van der Waals surface area contributed by atoms with Crippen LogP contribution in [-0.4, -0.2) is 27.1 Å². The number of amides is 1. The van der Waals surface area contributed by atoms with Gasteiger partial charge in [-0.1, -0.05) is 55.1 Å². The number of nitrogens with zero attached hydrogens (tertiary/aromatic N) is 2. The number of carbonyl (C=O) groups is 2. The van der Waals surface area contributed by atoms with E-state index in [1.54, 1.807) is 6.07 Å². The molecular weight excluding hydrogens is 358 g/mol. The van der Waals surface area contributed by atoms with Crippen LogP contribution in [0.4, 0.5) is 5.88 Å². The number of anilines is 1. The van der Waals surface area contributed by atoms with Crippen molar-refractivity contribution in [2.45, 2.75) is 38.5 Å². The molecule has 0 spiro atoms. The van der Waals surface area contributed by atoms with Crippen molar-refractivity contribution in [3.05, 3.63) is 42.0 Å². The van der Waals surface area contributed by atoms with Gasteiger partial charge in [0.1, 0.15) is 5.69 Å². The molecule has 4 rings (SSSR count). The first-order valence-corrected chi connectivity index (χ1v) is 9.51. The highest BCUT2D eigenvalue weighted by Gasteiger charge is 2.26. The minimum Gasteiger partial charge on any atom is -0.477 e. The fourth-order valence-electron chi connectivity index (χ4n) is 3.77. The van der Waals surface area contributed by atoms with E-state index in [1.807, 2.05) is 30.3 Å². The van der Waals surface area contributed by atoms with Crippen LogP contribution in [-0.2, 0) is 4.79 Å². The molecule has 1 aromatic carbocycles. The fourth-order valence-corrected chi connectivity index (χ4v) is 3.77. The number of nitrogens with one attached hydrogen (secondary N) is 1. The molecule has 144 valence electrons. The van der Waals surface area contributed by atoms with Gasteiger partial charge in [-0.2, -0.15) is 0 Å². The highest BCUT2D eigenvalue weighted by atomic mass is 16.5. The Morgan fingerprint density at radius 1 is 1.14 bits per heavy atom. The molecule has 0 aliphatic heterocycles. The van der Waals surface area contributed by atoms with Crippen LogP contribution in [0.25, 0.3) is 22.3 Å². The van der Waals surface area contributed by atoms with Crippen LogP contribution in [0, 0.1) is 5.92 Å². The zero-order valence-corrected chi connectivity index (χ0v) is 15.4. The van der Waals surface area contributed by atoms with E-state index in [0.717, 1.165) is 30.2 Å². The van der Waals surface area contributed by atoms with Gasteiger partial charge in [0.2, 0.25) is 11.8 Å². The zero-order valence-electron chi connectivity index (χ0n) is 15.4. The number of hydrogen-bond donors (Lipinski definition) is 2. The average molecular weight is 379 g/mol. The minimum atomic E-state index is -1.22. The molecule has 0 unspecified atom stereocenters. The maximum absolute atomic E-state index is 12.3. The van der Waals surface area contributed by atoms with Crippen molar-refractivity contribution in [3.63, 3.8) is 0 Å². The van der Waals surface area contributed by atoms with E-state index in [9.17, 15) is 14.7 Å². The van der Waals surface area contributed by atoms with Gasteiger partial charge >= 0.3 is 5.97 Å². The Morgan fingerprint density at radius 3 is 2.71 bits per heavy atom. The van der Waals surface area contributed by atoms with Crippen molar-refractivity contribution in [1.82, 2.24) is 10.1 Å². The highest BCUT2D eigenvalue weighted by molar-refractivity contribution is 6.03. The molecule has 0 radical (unpaired) electrons. The SMILES string of the molecule is O=C(CCC1CCCC1)Nc1onc(-c2ccc3ccccc3n2)c1C(=O)O. The molecule has 0 saturated heterocycles. The zero-order chi connectivity index (χ0) is 19.5. The number of aromatic carboxylic acids is 1. The number of carboxylic acids is 1. The van der Waals surface area contributed by atoms with Gasteiger partial charge in [-0.05, 0) is 24.5 Å². The van der Waals surface area contributed by atoms with Crippen molar-refractivity contribution < 1.29 is 19.2 Å². The maximum Gasteiger partial charge on any atom is 0.343 e.